The zero-order valence-electron chi connectivity index (χ0n) is 15.2. The molecule has 0 spiro atoms. The molecule has 0 aromatic carbocycles. The third kappa shape index (κ3) is 2.68. The van der Waals surface area contributed by atoms with Crippen LogP contribution in [0.1, 0.15) is 34.0 Å². The van der Waals surface area contributed by atoms with Crippen LogP contribution in [0.15, 0.2) is 21.1 Å². The lowest BCUT2D eigenvalue weighted by Gasteiger charge is -2.17. The average molecular weight is 354 g/mol. The van der Waals surface area contributed by atoms with Crippen LogP contribution in [-0.2, 0) is 0 Å². The molecule has 1 aliphatic rings. The van der Waals surface area contributed by atoms with Gasteiger partial charge in [-0.1, -0.05) is 5.16 Å². The smallest absolute Gasteiger partial charge is 0.259 e. The van der Waals surface area contributed by atoms with Crippen molar-refractivity contribution in [1.82, 2.24) is 15.0 Å². The Balaban J connectivity index is 1.83. The number of carbonyl (C=O) groups is 1. The van der Waals surface area contributed by atoms with Gasteiger partial charge in [-0.05, 0) is 51.8 Å². The molecule has 1 aliphatic heterocycles. The van der Waals surface area contributed by atoms with E-state index in [-0.39, 0.29) is 5.91 Å². The minimum Gasteiger partial charge on any atom is -0.466 e. The van der Waals surface area contributed by atoms with Crippen molar-refractivity contribution in [3.8, 4) is 11.3 Å². The monoisotopic (exact) mass is 354 g/mol. The van der Waals surface area contributed by atoms with Gasteiger partial charge in [0.15, 0.2) is 0 Å². The number of hydrogen-bond donors (Lipinski definition) is 1. The number of aromatic nitrogens is 2. The Labute approximate surface area is 151 Å². The third-order valence-electron chi connectivity index (χ3n) is 5.07. The minimum absolute atomic E-state index is 0.0289. The van der Waals surface area contributed by atoms with Gasteiger partial charge in [0.25, 0.3) is 11.6 Å². The highest BCUT2D eigenvalue weighted by Gasteiger charge is 2.29. The number of likely N-dealkylation sites (tertiary alicyclic amines) is 1. The summed E-state index contributed by atoms with van der Waals surface area (Å²) >= 11 is 0. The molecule has 0 radical (unpaired) electrons. The van der Waals surface area contributed by atoms with E-state index in [2.05, 4.69) is 10.1 Å². The molecule has 4 rings (SSSR count). The van der Waals surface area contributed by atoms with Gasteiger partial charge < -0.3 is 19.6 Å². The molecule has 4 heterocycles. The van der Waals surface area contributed by atoms with Gasteiger partial charge in [0.1, 0.15) is 11.5 Å². The number of nitrogens with zero attached hydrogens (tertiary/aromatic N) is 3. The molecule has 0 bridgehead atoms. The van der Waals surface area contributed by atoms with Crippen LogP contribution < -0.4 is 5.73 Å². The van der Waals surface area contributed by atoms with Crippen molar-refractivity contribution in [3.05, 3.63) is 34.9 Å². The summed E-state index contributed by atoms with van der Waals surface area (Å²) in [6, 6.07) is 3.74. The molecule has 26 heavy (non-hydrogen) atoms. The van der Waals surface area contributed by atoms with Gasteiger partial charge >= 0.3 is 0 Å². The van der Waals surface area contributed by atoms with Crippen molar-refractivity contribution in [2.75, 3.05) is 19.6 Å². The number of carbonyl (C=O) groups excluding carboxylic acids is 1. The topological polar surface area (TPSA) is 98.4 Å². The first-order chi connectivity index (χ1) is 12.5. The van der Waals surface area contributed by atoms with E-state index in [1.54, 1.807) is 0 Å². The molecule has 3 aromatic heterocycles. The lowest BCUT2D eigenvalue weighted by Crippen LogP contribution is -2.30. The molecule has 0 saturated carbocycles. The maximum Gasteiger partial charge on any atom is 0.259 e. The Bertz CT molecular complexity index is 988. The highest BCUT2D eigenvalue weighted by atomic mass is 16.5. The molecule has 1 fully saturated rings. The van der Waals surface area contributed by atoms with E-state index >= 15 is 0 Å². The number of aryl methyl sites for hydroxylation is 3. The first kappa shape index (κ1) is 16.8. The number of nitrogens with two attached hydrogens (primary N) is 1. The third-order valence-corrected chi connectivity index (χ3v) is 5.07. The van der Waals surface area contributed by atoms with Gasteiger partial charge in [-0.25, -0.2) is 4.98 Å². The fourth-order valence-electron chi connectivity index (χ4n) is 3.67. The molecule has 7 heteroatoms. The number of furan rings is 1. The first-order valence-electron chi connectivity index (χ1n) is 8.81. The van der Waals surface area contributed by atoms with Crippen LogP contribution in [0.4, 0.5) is 0 Å². The van der Waals surface area contributed by atoms with E-state index in [1.807, 2.05) is 37.8 Å². The van der Waals surface area contributed by atoms with E-state index in [9.17, 15) is 4.79 Å². The summed E-state index contributed by atoms with van der Waals surface area (Å²) in [7, 11) is 0. The molecule has 1 amide bonds. The Morgan fingerprint density at radius 2 is 2.15 bits per heavy atom. The van der Waals surface area contributed by atoms with E-state index in [0.717, 1.165) is 23.5 Å². The zero-order chi connectivity index (χ0) is 18.4. The summed E-state index contributed by atoms with van der Waals surface area (Å²) in [6.07, 6.45) is 0.936. The Morgan fingerprint density at radius 3 is 2.81 bits per heavy atom. The molecule has 136 valence electrons. The minimum atomic E-state index is -0.0289. The summed E-state index contributed by atoms with van der Waals surface area (Å²) in [6.45, 7) is 7.59. The van der Waals surface area contributed by atoms with Crippen LogP contribution in [0, 0.1) is 26.7 Å². The van der Waals surface area contributed by atoms with E-state index in [0.29, 0.717) is 53.6 Å². The number of hydrogen-bond acceptors (Lipinski definition) is 6. The van der Waals surface area contributed by atoms with Crippen molar-refractivity contribution < 1.29 is 13.7 Å². The summed E-state index contributed by atoms with van der Waals surface area (Å²) in [5.74, 6) is 1.89. The molecule has 1 saturated heterocycles. The van der Waals surface area contributed by atoms with Crippen molar-refractivity contribution in [3.63, 3.8) is 0 Å². The average Bonchev–Trinajstić information content (AvgIpc) is 3.32. The summed E-state index contributed by atoms with van der Waals surface area (Å²) in [5, 5.41) is 4.68. The largest absolute Gasteiger partial charge is 0.466 e. The SMILES string of the molecule is Cc1cc(-c2cc(C(=O)N3CCC(CN)C3)c3c(C)noc3n2)c(C)o1. The maximum absolute atomic E-state index is 13.2. The normalized spacial score (nSPS) is 17.4. The molecular formula is C19H22N4O3. The molecule has 1 atom stereocenters. The number of fused-ring (bicyclic) bond motifs is 1. The van der Waals surface area contributed by atoms with Crippen LogP contribution in [0.5, 0.6) is 0 Å². The van der Waals surface area contributed by atoms with Gasteiger partial charge in [-0.15, -0.1) is 0 Å². The van der Waals surface area contributed by atoms with Gasteiger partial charge in [0, 0.05) is 18.7 Å². The predicted octanol–water partition coefficient (Wildman–Crippen LogP) is 2.83. The van der Waals surface area contributed by atoms with Gasteiger partial charge in [0.05, 0.1) is 22.3 Å². The molecule has 2 N–H and O–H groups in total. The fraction of sp³-hybridized carbons (Fsp3) is 0.421. The van der Waals surface area contributed by atoms with Crippen LogP contribution in [0.2, 0.25) is 0 Å². The van der Waals surface area contributed by atoms with Crippen LogP contribution >= 0.6 is 0 Å². The highest BCUT2D eigenvalue weighted by Crippen LogP contribution is 2.31. The molecule has 3 aromatic rings. The second-order valence-corrected chi connectivity index (χ2v) is 6.97. The van der Waals surface area contributed by atoms with Gasteiger partial charge in [-0.2, -0.15) is 0 Å². The van der Waals surface area contributed by atoms with Crippen molar-refractivity contribution in [1.29, 1.82) is 0 Å². The second-order valence-electron chi connectivity index (χ2n) is 6.97. The van der Waals surface area contributed by atoms with Gasteiger partial charge in [-0.3, -0.25) is 4.79 Å². The van der Waals surface area contributed by atoms with E-state index in [4.69, 9.17) is 14.7 Å². The molecule has 0 aliphatic carbocycles. The maximum atomic E-state index is 13.2. The zero-order valence-corrected chi connectivity index (χ0v) is 15.2. The summed E-state index contributed by atoms with van der Waals surface area (Å²) in [4.78, 5) is 19.6. The van der Waals surface area contributed by atoms with Crippen LogP contribution in [0.25, 0.3) is 22.4 Å². The lowest BCUT2D eigenvalue weighted by atomic mass is 10.0. The first-order valence-corrected chi connectivity index (χ1v) is 8.81. The second kappa shape index (κ2) is 6.25. The van der Waals surface area contributed by atoms with Crippen molar-refractivity contribution in [2.45, 2.75) is 27.2 Å². The standard InChI is InChI=1S/C19H22N4O3/c1-10-6-14(12(3)25-10)16-7-15(17-11(2)22-26-18(17)21-16)19(24)23-5-4-13(8-20)9-23/h6-7,13H,4-5,8-9,20H2,1-3H3. The lowest BCUT2D eigenvalue weighted by molar-refractivity contribution is 0.0789. The van der Waals surface area contributed by atoms with Crippen molar-refractivity contribution in [2.24, 2.45) is 11.7 Å². The Kier molecular flexibility index (Phi) is 4.03. The van der Waals surface area contributed by atoms with E-state index < -0.39 is 0 Å². The predicted molar refractivity (Wildman–Crippen MR) is 96.8 cm³/mol. The summed E-state index contributed by atoms with van der Waals surface area (Å²) in [5.41, 5.74) is 8.88. The Hall–Kier alpha value is -2.67. The van der Waals surface area contributed by atoms with Crippen LogP contribution in [0.3, 0.4) is 0 Å². The number of pyridine rings is 1. The number of amides is 1. The van der Waals surface area contributed by atoms with Crippen LogP contribution in [-0.4, -0.2) is 40.6 Å². The molecule has 1 unspecified atom stereocenters. The highest BCUT2D eigenvalue weighted by molar-refractivity contribution is 6.07. The Morgan fingerprint density at radius 1 is 1.35 bits per heavy atom. The van der Waals surface area contributed by atoms with E-state index in [1.165, 1.54) is 0 Å². The van der Waals surface area contributed by atoms with Gasteiger partial charge in [0.2, 0.25) is 0 Å². The quantitative estimate of drug-likeness (QED) is 0.776. The number of rotatable bonds is 3. The fourth-order valence-corrected chi connectivity index (χ4v) is 3.67. The summed E-state index contributed by atoms with van der Waals surface area (Å²) < 4.78 is 11.0. The molecular weight excluding hydrogens is 332 g/mol. The molecule has 7 nitrogen and oxygen atoms in total. The van der Waals surface area contributed by atoms with Crippen molar-refractivity contribution >= 4 is 17.0 Å².